The Balaban J connectivity index is 1.27. The van der Waals surface area contributed by atoms with Gasteiger partial charge < -0.3 is 9.15 Å². The Hall–Kier alpha value is -3.04. The highest BCUT2D eigenvalue weighted by Crippen LogP contribution is 2.26. The molecule has 0 fully saturated rings. The third-order valence-corrected chi connectivity index (χ3v) is 5.38. The predicted molar refractivity (Wildman–Crippen MR) is 111 cm³/mol. The second kappa shape index (κ2) is 7.53. The number of para-hydroxylation sites is 1. The average Bonchev–Trinajstić information content (AvgIpc) is 3.16. The van der Waals surface area contributed by atoms with Gasteiger partial charge in [0.05, 0.1) is 0 Å². The Bertz CT molecular complexity index is 1050. The molecular weight excluding hydrogens is 346 g/mol. The van der Waals surface area contributed by atoms with Crippen molar-refractivity contribution in [2.45, 2.75) is 26.1 Å². The molecule has 5 rings (SSSR count). The molecule has 28 heavy (non-hydrogen) atoms. The van der Waals surface area contributed by atoms with Crippen molar-refractivity contribution < 1.29 is 9.15 Å². The lowest BCUT2D eigenvalue weighted by Crippen LogP contribution is -2.30. The molecule has 4 aromatic rings. The molecule has 0 N–H and O–H groups in total. The van der Waals surface area contributed by atoms with Crippen molar-refractivity contribution in [2.75, 3.05) is 6.54 Å². The molecule has 0 atom stereocenters. The number of nitrogens with zero attached hydrogens (tertiary/aromatic N) is 1. The largest absolute Gasteiger partial charge is 0.486 e. The summed E-state index contributed by atoms with van der Waals surface area (Å²) in [6.45, 7) is 3.50. The van der Waals surface area contributed by atoms with E-state index in [9.17, 15) is 0 Å². The van der Waals surface area contributed by atoms with Crippen molar-refractivity contribution in [3.05, 3.63) is 101 Å². The molecule has 0 aliphatic carbocycles. The van der Waals surface area contributed by atoms with Crippen LogP contribution in [0.2, 0.25) is 0 Å². The van der Waals surface area contributed by atoms with Gasteiger partial charge in [-0.2, -0.15) is 0 Å². The Morgan fingerprint density at radius 1 is 0.857 bits per heavy atom. The fourth-order valence-electron chi connectivity index (χ4n) is 3.92. The third kappa shape index (κ3) is 3.67. The first-order valence-corrected chi connectivity index (χ1v) is 9.82. The van der Waals surface area contributed by atoms with Gasteiger partial charge in [-0.1, -0.05) is 54.6 Å². The molecule has 0 amide bonds. The van der Waals surface area contributed by atoms with Crippen LogP contribution in [-0.2, 0) is 26.1 Å². The van der Waals surface area contributed by atoms with Gasteiger partial charge in [-0.15, -0.1) is 0 Å². The minimum absolute atomic E-state index is 0.446. The molecule has 1 aromatic heterocycles. The molecule has 2 heterocycles. The van der Waals surface area contributed by atoms with Crippen LogP contribution in [0.15, 0.2) is 83.3 Å². The van der Waals surface area contributed by atoms with Crippen LogP contribution in [-0.4, -0.2) is 11.4 Å². The fraction of sp³-hybridized carbons (Fsp3) is 0.200. The van der Waals surface area contributed by atoms with Gasteiger partial charge in [-0.3, -0.25) is 4.90 Å². The molecule has 0 bridgehead atoms. The molecule has 1 aliphatic rings. The summed E-state index contributed by atoms with van der Waals surface area (Å²) in [6, 6.07) is 27.3. The molecule has 3 nitrogen and oxygen atoms in total. The van der Waals surface area contributed by atoms with E-state index in [2.05, 4.69) is 65.6 Å². The van der Waals surface area contributed by atoms with E-state index in [0.717, 1.165) is 48.5 Å². The highest BCUT2D eigenvalue weighted by Gasteiger charge is 2.17. The maximum absolute atomic E-state index is 6.03. The van der Waals surface area contributed by atoms with Crippen molar-refractivity contribution in [1.29, 1.82) is 0 Å². The standard InChI is InChI=1S/C25H23NO2/c1-2-6-19(7-3-1)16-26-13-12-20-10-11-23(15-22(20)17-26)27-18-24-14-21-8-4-5-9-25(21)28-24/h1-11,14-15H,12-13,16-18H2. The number of benzene rings is 3. The SMILES string of the molecule is c1ccc(CN2CCc3ccc(OCc4cc5ccccc5o4)cc3C2)cc1. The van der Waals surface area contributed by atoms with Crippen LogP contribution < -0.4 is 4.74 Å². The minimum atomic E-state index is 0.446. The molecule has 0 saturated heterocycles. The highest BCUT2D eigenvalue weighted by atomic mass is 16.5. The highest BCUT2D eigenvalue weighted by molar-refractivity contribution is 5.77. The van der Waals surface area contributed by atoms with Crippen molar-refractivity contribution in [3.63, 3.8) is 0 Å². The second-order valence-electron chi connectivity index (χ2n) is 7.42. The molecular formula is C25H23NO2. The zero-order valence-electron chi connectivity index (χ0n) is 15.8. The summed E-state index contributed by atoms with van der Waals surface area (Å²) in [5.74, 6) is 1.75. The Morgan fingerprint density at radius 2 is 1.71 bits per heavy atom. The summed E-state index contributed by atoms with van der Waals surface area (Å²) in [5.41, 5.74) is 5.07. The summed E-state index contributed by atoms with van der Waals surface area (Å²) in [5, 5.41) is 1.11. The number of ether oxygens (including phenoxy) is 1. The van der Waals surface area contributed by atoms with Gasteiger partial charge in [0.15, 0.2) is 0 Å². The number of hydrogen-bond donors (Lipinski definition) is 0. The van der Waals surface area contributed by atoms with Crippen LogP contribution in [0.3, 0.4) is 0 Å². The zero-order chi connectivity index (χ0) is 18.8. The minimum Gasteiger partial charge on any atom is -0.486 e. The van der Waals surface area contributed by atoms with Crippen molar-refractivity contribution in [3.8, 4) is 5.75 Å². The molecule has 0 radical (unpaired) electrons. The first kappa shape index (κ1) is 17.1. The van der Waals surface area contributed by atoms with E-state index in [-0.39, 0.29) is 0 Å². The van der Waals surface area contributed by atoms with Gasteiger partial charge >= 0.3 is 0 Å². The number of rotatable bonds is 5. The summed E-state index contributed by atoms with van der Waals surface area (Å²) in [4.78, 5) is 2.50. The lowest BCUT2D eigenvalue weighted by molar-refractivity contribution is 0.242. The van der Waals surface area contributed by atoms with Gasteiger partial charge in [0.1, 0.15) is 23.7 Å². The van der Waals surface area contributed by atoms with Crippen LogP contribution in [0.25, 0.3) is 11.0 Å². The van der Waals surface area contributed by atoms with Crippen LogP contribution in [0.1, 0.15) is 22.5 Å². The van der Waals surface area contributed by atoms with Crippen molar-refractivity contribution in [2.24, 2.45) is 0 Å². The Kier molecular flexibility index (Phi) is 4.59. The lowest BCUT2D eigenvalue weighted by atomic mass is 9.99. The zero-order valence-corrected chi connectivity index (χ0v) is 15.8. The molecule has 0 spiro atoms. The number of fused-ring (bicyclic) bond motifs is 2. The van der Waals surface area contributed by atoms with Gasteiger partial charge in [-0.25, -0.2) is 0 Å². The van der Waals surface area contributed by atoms with E-state index >= 15 is 0 Å². The Labute approximate surface area is 165 Å². The molecule has 0 saturated carbocycles. The van der Waals surface area contributed by atoms with E-state index in [4.69, 9.17) is 9.15 Å². The molecule has 3 aromatic carbocycles. The second-order valence-corrected chi connectivity index (χ2v) is 7.42. The molecule has 3 heteroatoms. The van der Waals surface area contributed by atoms with E-state index < -0.39 is 0 Å². The summed E-state index contributed by atoms with van der Waals surface area (Å²) < 4.78 is 11.9. The van der Waals surface area contributed by atoms with Crippen molar-refractivity contribution >= 4 is 11.0 Å². The predicted octanol–water partition coefficient (Wildman–Crippen LogP) is 5.57. The van der Waals surface area contributed by atoms with E-state index in [1.807, 2.05) is 18.2 Å². The summed E-state index contributed by atoms with van der Waals surface area (Å²) in [6.07, 6.45) is 1.09. The summed E-state index contributed by atoms with van der Waals surface area (Å²) in [7, 11) is 0. The van der Waals surface area contributed by atoms with Gasteiger partial charge in [-0.05, 0) is 47.4 Å². The maximum Gasteiger partial charge on any atom is 0.146 e. The van der Waals surface area contributed by atoms with E-state index in [1.54, 1.807) is 0 Å². The van der Waals surface area contributed by atoms with Crippen LogP contribution >= 0.6 is 0 Å². The average molecular weight is 369 g/mol. The smallest absolute Gasteiger partial charge is 0.146 e. The maximum atomic E-state index is 6.03. The first-order chi connectivity index (χ1) is 13.8. The number of furan rings is 1. The van der Waals surface area contributed by atoms with Gasteiger partial charge in [0.25, 0.3) is 0 Å². The molecule has 0 unspecified atom stereocenters. The van der Waals surface area contributed by atoms with E-state index in [0.29, 0.717) is 6.61 Å². The third-order valence-electron chi connectivity index (χ3n) is 5.38. The van der Waals surface area contributed by atoms with Crippen LogP contribution in [0, 0.1) is 0 Å². The normalized spacial score (nSPS) is 14.1. The Morgan fingerprint density at radius 3 is 2.61 bits per heavy atom. The topological polar surface area (TPSA) is 25.6 Å². The first-order valence-electron chi connectivity index (χ1n) is 9.82. The van der Waals surface area contributed by atoms with E-state index in [1.165, 1.54) is 16.7 Å². The lowest BCUT2D eigenvalue weighted by Gasteiger charge is -2.29. The number of hydrogen-bond acceptors (Lipinski definition) is 3. The molecule has 140 valence electrons. The summed E-state index contributed by atoms with van der Waals surface area (Å²) >= 11 is 0. The fourth-order valence-corrected chi connectivity index (χ4v) is 3.92. The van der Waals surface area contributed by atoms with Crippen LogP contribution in [0.4, 0.5) is 0 Å². The van der Waals surface area contributed by atoms with Crippen molar-refractivity contribution in [1.82, 2.24) is 4.90 Å². The quantitative estimate of drug-likeness (QED) is 0.460. The van der Waals surface area contributed by atoms with Crippen LogP contribution in [0.5, 0.6) is 5.75 Å². The monoisotopic (exact) mass is 369 g/mol. The van der Waals surface area contributed by atoms with Gasteiger partial charge in [0, 0.05) is 25.0 Å². The molecule has 1 aliphatic heterocycles. The van der Waals surface area contributed by atoms with Gasteiger partial charge in [0.2, 0.25) is 0 Å².